The minimum absolute atomic E-state index is 0.214. The smallest absolute Gasteiger partial charge is 0.259 e. The molecule has 0 fully saturated rings. The highest BCUT2D eigenvalue weighted by Crippen LogP contribution is 2.20. The predicted octanol–water partition coefficient (Wildman–Crippen LogP) is 4.18. The summed E-state index contributed by atoms with van der Waals surface area (Å²) in [5, 5.41) is 7.57. The van der Waals surface area contributed by atoms with Gasteiger partial charge in [0.25, 0.3) is 5.91 Å². The zero-order valence-electron chi connectivity index (χ0n) is 13.1. The minimum Gasteiger partial charge on any atom is -0.493 e. The summed E-state index contributed by atoms with van der Waals surface area (Å²) < 4.78 is 7.16. The summed E-state index contributed by atoms with van der Waals surface area (Å²) in [6.45, 7) is 2.39. The van der Waals surface area contributed by atoms with E-state index >= 15 is 0 Å². The molecule has 0 saturated carbocycles. The second kappa shape index (κ2) is 7.19. The van der Waals surface area contributed by atoms with Crippen LogP contribution in [0.25, 0.3) is 5.69 Å². The van der Waals surface area contributed by atoms with Crippen LogP contribution in [0, 0.1) is 0 Å². The molecule has 0 aliphatic carbocycles. The first-order chi connectivity index (χ1) is 11.7. The Labute approximate surface area is 144 Å². The van der Waals surface area contributed by atoms with Gasteiger partial charge in [0, 0.05) is 11.9 Å². The second-order valence-corrected chi connectivity index (χ2v) is 5.47. The lowest BCUT2D eigenvalue weighted by Crippen LogP contribution is -2.13. The molecule has 2 aromatic carbocycles. The number of hydrogen-bond donors (Lipinski definition) is 1. The molecule has 24 heavy (non-hydrogen) atoms. The number of benzene rings is 2. The average Bonchev–Trinajstić information content (AvgIpc) is 3.03. The zero-order chi connectivity index (χ0) is 16.9. The van der Waals surface area contributed by atoms with Crippen molar-refractivity contribution in [3.63, 3.8) is 0 Å². The van der Waals surface area contributed by atoms with Gasteiger partial charge >= 0.3 is 0 Å². The first-order valence-corrected chi connectivity index (χ1v) is 7.89. The van der Waals surface area contributed by atoms with Crippen molar-refractivity contribution >= 4 is 23.2 Å². The molecule has 3 rings (SSSR count). The number of anilines is 1. The summed E-state index contributed by atoms with van der Waals surface area (Å²) in [4.78, 5) is 12.4. The van der Waals surface area contributed by atoms with Crippen LogP contribution in [0.4, 0.5) is 5.69 Å². The number of hydrogen-bond acceptors (Lipinski definition) is 3. The number of carbonyl (C=O) groups is 1. The van der Waals surface area contributed by atoms with Crippen molar-refractivity contribution in [1.82, 2.24) is 9.78 Å². The molecule has 1 amide bonds. The lowest BCUT2D eigenvalue weighted by Gasteiger charge is -2.11. The van der Waals surface area contributed by atoms with E-state index in [1.807, 2.05) is 43.3 Å². The van der Waals surface area contributed by atoms with E-state index in [0.29, 0.717) is 28.6 Å². The number of nitrogens with zero attached hydrogens (tertiary/aromatic N) is 2. The van der Waals surface area contributed by atoms with E-state index in [2.05, 4.69) is 10.4 Å². The standard InChI is InChI=1S/C18H16ClN3O2/c1-2-24-17-6-4-3-5-16(17)18(23)21-14-7-9-15(10-8-14)22-12-13(19)11-20-22/h3-12H,2H2,1H3,(H,21,23). The molecule has 5 nitrogen and oxygen atoms in total. The normalized spacial score (nSPS) is 10.4. The van der Waals surface area contributed by atoms with Gasteiger partial charge in [-0.25, -0.2) is 4.68 Å². The maximum Gasteiger partial charge on any atom is 0.259 e. The molecule has 1 aromatic heterocycles. The summed E-state index contributed by atoms with van der Waals surface area (Å²) in [6.07, 6.45) is 3.29. The van der Waals surface area contributed by atoms with Gasteiger partial charge in [-0.05, 0) is 43.3 Å². The molecule has 0 spiro atoms. The number of aromatic nitrogens is 2. The van der Waals surface area contributed by atoms with Gasteiger partial charge < -0.3 is 10.1 Å². The van der Waals surface area contributed by atoms with Crippen LogP contribution in [0.15, 0.2) is 60.9 Å². The van der Waals surface area contributed by atoms with Crippen LogP contribution in [0.5, 0.6) is 5.75 Å². The highest BCUT2D eigenvalue weighted by Gasteiger charge is 2.12. The molecular weight excluding hydrogens is 326 g/mol. The van der Waals surface area contributed by atoms with Crippen LogP contribution in [0.1, 0.15) is 17.3 Å². The van der Waals surface area contributed by atoms with E-state index in [4.69, 9.17) is 16.3 Å². The van der Waals surface area contributed by atoms with Gasteiger partial charge in [0.05, 0.1) is 29.1 Å². The van der Waals surface area contributed by atoms with Crippen molar-refractivity contribution in [2.75, 3.05) is 11.9 Å². The van der Waals surface area contributed by atoms with E-state index < -0.39 is 0 Å². The Morgan fingerprint density at radius 3 is 2.62 bits per heavy atom. The van der Waals surface area contributed by atoms with Crippen molar-refractivity contribution in [3.8, 4) is 11.4 Å². The minimum atomic E-state index is -0.214. The van der Waals surface area contributed by atoms with Crippen molar-refractivity contribution < 1.29 is 9.53 Å². The first kappa shape index (κ1) is 16.1. The topological polar surface area (TPSA) is 56.1 Å². The average molecular weight is 342 g/mol. The summed E-state index contributed by atoms with van der Waals surface area (Å²) >= 11 is 5.87. The van der Waals surface area contributed by atoms with Crippen LogP contribution in [0.3, 0.4) is 0 Å². The van der Waals surface area contributed by atoms with Crippen molar-refractivity contribution in [1.29, 1.82) is 0 Å². The molecule has 0 aliphatic heterocycles. The molecule has 0 bridgehead atoms. The van der Waals surface area contributed by atoms with Gasteiger partial charge in [-0.3, -0.25) is 4.79 Å². The van der Waals surface area contributed by atoms with E-state index in [1.54, 1.807) is 29.2 Å². The maximum absolute atomic E-state index is 12.4. The summed E-state index contributed by atoms with van der Waals surface area (Å²) in [7, 11) is 0. The highest BCUT2D eigenvalue weighted by molar-refractivity contribution is 6.30. The predicted molar refractivity (Wildman–Crippen MR) is 94.1 cm³/mol. The van der Waals surface area contributed by atoms with Gasteiger partial charge in [0.15, 0.2) is 0 Å². The number of amides is 1. The van der Waals surface area contributed by atoms with Crippen molar-refractivity contribution in [2.24, 2.45) is 0 Å². The Bertz CT molecular complexity index is 843. The fourth-order valence-electron chi connectivity index (χ4n) is 2.27. The molecule has 0 saturated heterocycles. The van der Waals surface area contributed by atoms with Crippen LogP contribution in [-0.2, 0) is 0 Å². The van der Waals surface area contributed by atoms with Crippen molar-refractivity contribution in [2.45, 2.75) is 6.92 Å². The Hall–Kier alpha value is -2.79. The largest absolute Gasteiger partial charge is 0.493 e. The quantitative estimate of drug-likeness (QED) is 0.757. The van der Waals surface area contributed by atoms with E-state index in [0.717, 1.165) is 5.69 Å². The van der Waals surface area contributed by atoms with E-state index in [9.17, 15) is 4.79 Å². The third-order valence-electron chi connectivity index (χ3n) is 3.37. The van der Waals surface area contributed by atoms with Crippen LogP contribution < -0.4 is 10.1 Å². The molecule has 1 N–H and O–H groups in total. The second-order valence-electron chi connectivity index (χ2n) is 5.03. The molecule has 0 aliphatic rings. The third-order valence-corrected chi connectivity index (χ3v) is 3.57. The van der Waals surface area contributed by atoms with Gasteiger partial charge in [0.2, 0.25) is 0 Å². The van der Waals surface area contributed by atoms with Gasteiger partial charge in [-0.2, -0.15) is 5.10 Å². The molecule has 122 valence electrons. The SMILES string of the molecule is CCOc1ccccc1C(=O)Nc1ccc(-n2cc(Cl)cn2)cc1. The number of nitrogens with one attached hydrogen (secondary N) is 1. The Morgan fingerprint density at radius 2 is 1.96 bits per heavy atom. The summed E-state index contributed by atoms with van der Waals surface area (Å²) in [5.41, 5.74) is 2.05. The van der Waals surface area contributed by atoms with Crippen LogP contribution in [-0.4, -0.2) is 22.3 Å². The highest BCUT2D eigenvalue weighted by atomic mass is 35.5. The number of halogens is 1. The first-order valence-electron chi connectivity index (χ1n) is 7.51. The summed E-state index contributed by atoms with van der Waals surface area (Å²) in [6, 6.07) is 14.5. The Kier molecular flexibility index (Phi) is 4.82. The fraction of sp³-hybridized carbons (Fsp3) is 0.111. The molecular formula is C18H16ClN3O2. The Balaban J connectivity index is 1.75. The van der Waals surface area contributed by atoms with E-state index in [1.165, 1.54) is 0 Å². The molecule has 0 unspecified atom stereocenters. The van der Waals surface area contributed by atoms with Crippen LogP contribution >= 0.6 is 11.6 Å². The maximum atomic E-state index is 12.4. The molecule has 1 heterocycles. The van der Waals surface area contributed by atoms with Gasteiger partial charge in [-0.1, -0.05) is 23.7 Å². The number of ether oxygens (including phenoxy) is 1. The lowest BCUT2D eigenvalue weighted by atomic mass is 10.2. The number of carbonyl (C=O) groups excluding carboxylic acids is 1. The number of para-hydroxylation sites is 1. The van der Waals surface area contributed by atoms with Gasteiger partial charge in [0.1, 0.15) is 5.75 Å². The molecule has 6 heteroatoms. The fourth-order valence-corrected chi connectivity index (χ4v) is 2.41. The van der Waals surface area contributed by atoms with Crippen LogP contribution in [0.2, 0.25) is 5.02 Å². The lowest BCUT2D eigenvalue weighted by molar-refractivity contribution is 0.102. The molecule has 0 atom stereocenters. The van der Waals surface area contributed by atoms with Gasteiger partial charge in [-0.15, -0.1) is 0 Å². The Morgan fingerprint density at radius 1 is 1.21 bits per heavy atom. The van der Waals surface area contributed by atoms with Crippen molar-refractivity contribution in [3.05, 3.63) is 71.5 Å². The zero-order valence-corrected chi connectivity index (χ0v) is 13.8. The number of rotatable bonds is 5. The third kappa shape index (κ3) is 3.58. The summed E-state index contributed by atoms with van der Waals surface area (Å²) in [5.74, 6) is 0.356. The monoisotopic (exact) mass is 341 g/mol. The van der Waals surface area contributed by atoms with E-state index in [-0.39, 0.29) is 5.91 Å². The molecule has 3 aromatic rings. The molecule has 0 radical (unpaired) electrons.